The van der Waals surface area contributed by atoms with Gasteiger partial charge in [-0.25, -0.2) is 4.98 Å². The fraction of sp³-hybridized carbons (Fsp3) is 0.250. The highest BCUT2D eigenvalue weighted by molar-refractivity contribution is 7.99. The molecule has 1 amide bonds. The van der Waals surface area contributed by atoms with Gasteiger partial charge in [-0.2, -0.15) is 0 Å². The van der Waals surface area contributed by atoms with E-state index in [2.05, 4.69) is 32.7 Å². The van der Waals surface area contributed by atoms with Gasteiger partial charge in [0.15, 0.2) is 0 Å². The second-order valence-corrected chi connectivity index (χ2v) is 9.92. The van der Waals surface area contributed by atoms with Gasteiger partial charge in [-0.1, -0.05) is 35.0 Å². The zero-order valence-electron chi connectivity index (χ0n) is 18.1. The summed E-state index contributed by atoms with van der Waals surface area (Å²) in [5, 5.41) is 11.8. The number of fused-ring (bicyclic) bond motifs is 1. The van der Waals surface area contributed by atoms with Gasteiger partial charge in [-0.05, 0) is 57.0 Å². The van der Waals surface area contributed by atoms with Crippen LogP contribution in [0.4, 0.5) is 5.69 Å². The van der Waals surface area contributed by atoms with Crippen LogP contribution in [0.5, 0.6) is 0 Å². The number of carbonyl (C=O) groups is 1. The number of amides is 1. The van der Waals surface area contributed by atoms with Crippen LogP contribution < -0.4 is 4.90 Å². The second kappa shape index (κ2) is 8.52. The molecule has 0 unspecified atom stereocenters. The number of rotatable bonds is 5. The number of thiazole rings is 1. The molecule has 1 aliphatic heterocycles. The SMILES string of the molecule is Cc1cc(C)cc(-c2nnc(SCC(=O)N3CCc4cc(-c5csc(C)n5)ccc43)o2)c1. The first kappa shape index (κ1) is 20.9. The molecule has 2 aromatic heterocycles. The van der Waals surface area contributed by atoms with Crippen LogP contribution in [-0.2, 0) is 11.2 Å². The molecule has 6 nitrogen and oxygen atoms in total. The minimum atomic E-state index is 0.0390. The summed E-state index contributed by atoms with van der Waals surface area (Å²) in [6, 6.07) is 12.4. The average Bonchev–Trinajstić information content (AvgIpc) is 3.50. The quantitative estimate of drug-likeness (QED) is 0.366. The Morgan fingerprint density at radius 1 is 1.09 bits per heavy atom. The third-order valence-electron chi connectivity index (χ3n) is 5.39. The molecule has 0 atom stereocenters. The van der Waals surface area contributed by atoms with Crippen molar-refractivity contribution >= 4 is 34.7 Å². The Labute approximate surface area is 194 Å². The van der Waals surface area contributed by atoms with E-state index in [-0.39, 0.29) is 11.7 Å². The average molecular weight is 463 g/mol. The van der Waals surface area contributed by atoms with E-state index in [1.165, 1.54) is 17.3 Å². The fourth-order valence-electron chi connectivity index (χ4n) is 4.00. The maximum atomic E-state index is 12.9. The zero-order chi connectivity index (χ0) is 22.2. The molecule has 0 bridgehead atoms. The molecule has 0 saturated heterocycles. The summed E-state index contributed by atoms with van der Waals surface area (Å²) in [7, 11) is 0. The molecule has 0 aliphatic carbocycles. The maximum absolute atomic E-state index is 12.9. The Hall–Kier alpha value is -2.97. The van der Waals surface area contributed by atoms with Crippen molar-refractivity contribution in [3.63, 3.8) is 0 Å². The van der Waals surface area contributed by atoms with Crippen LogP contribution in [0.25, 0.3) is 22.7 Å². The molecule has 2 aromatic carbocycles. The lowest BCUT2D eigenvalue weighted by Crippen LogP contribution is -2.30. The van der Waals surface area contributed by atoms with Crippen molar-refractivity contribution in [3.05, 3.63) is 63.5 Å². The van der Waals surface area contributed by atoms with Gasteiger partial charge >= 0.3 is 0 Å². The molecule has 8 heteroatoms. The zero-order valence-corrected chi connectivity index (χ0v) is 19.7. The van der Waals surface area contributed by atoms with Crippen molar-refractivity contribution in [1.82, 2.24) is 15.2 Å². The van der Waals surface area contributed by atoms with Crippen molar-refractivity contribution < 1.29 is 9.21 Å². The number of anilines is 1. The summed E-state index contributed by atoms with van der Waals surface area (Å²) < 4.78 is 5.79. The van der Waals surface area contributed by atoms with E-state index in [0.717, 1.165) is 45.1 Å². The Balaban J connectivity index is 1.26. The molecule has 5 rings (SSSR count). The smallest absolute Gasteiger partial charge is 0.277 e. The third-order valence-corrected chi connectivity index (χ3v) is 6.96. The number of benzene rings is 2. The highest BCUT2D eigenvalue weighted by atomic mass is 32.2. The molecule has 0 saturated carbocycles. The first-order valence-corrected chi connectivity index (χ1v) is 12.2. The van der Waals surface area contributed by atoms with Crippen LogP contribution in [0.15, 0.2) is 51.4 Å². The lowest BCUT2D eigenvalue weighted by Gasteiger charge is -2.16. The number of hydrogen-bond donors (Lipinski definition) is 0. The molecular weight excluding hydrogens is 440 g/mol. The minimum absolute atomic E-state index is 0.0390. The minimum Gasteiger partial charge on any atom is -0.411 e. The molecule has 0 N–H and O–H groups in total. The van der Waals surface area contributed by atoms with E-state index in [1.54, 1.807) is 11.3 Å². The Morgan fingerprint density at radius 3 is 2.66 bits per heavy atom. The predicted octanol–water partition coefficient (Wildman–Crippen LogP) is 5.47. The lowest BCUT2D eigenvalue weighted by atomic mass is 10.1. The van der Waals surface area contributed by atoms with Gasteiger partial charge in [-0.15, -0.1) is 21.5 Å². The largest absolute Gasteiger partial charge is 0.411 e. The number of carbonyl (C=O) groups excluding carboxylic acids is 1. The first-order chi connectivity index (χ1) is 15.5. The molecule has 0 fully saturated rings. The van der Waals surface area contributed by atoms with Crippen molar-refractivity contribution in [2.24, 2.45) is 0 Å². The molecule has 162 valence electrons. The molecule has 0 spiro atoms. The highest BCUT2D eigenvalue weighted by Gasteiger charge is 2.25. The van der Waals surface area contributed by atoms with Crippen LogP contribution in [0, 0.1) is 20.8 Å². The standard InChI is InChI=1S/C24H22N4O2S2/c1-14-8-15(2)10-19(9-14)23-26-27-24(30-23)32-13-22(29)28-7-6-18-11-17(4-5-21(18)28)20-12-31-16(3)25-20/h4-5,8-12H,6-7,13H2,1-3H3. The van der Waals surface area contributed by atoms with Crippen LogP contribution in [0.3, 0.4) is 0 Å². The van der Waals surface area contributed by atoms with Gasteiger partial charge in [0.2, 0.25) is 11.8 Å². The summed E-state index contributed by atoms with van der Waals surface area (Å²) in [5.74, 6) is 0.765. The normalized spacial score (nSPS) is 12.9. The summed E-state index contributed by atoms with van der Waals surface area (Å²) in [6.07, 6.45) is 0.847. The fourth-order valence-corrected chi connectivity index (χ4v) is 5.26. The van der Waals surface area contributed by atoms with Gasteiger partial charge in [0, 0.05) is 28.7 Å². The number of hydrogen-bond acceptors (Lipinski definition) is 7. The summed E-state index contributed by atoms with van der Waals surface area (Å²) in [6.45, 7) is 6.77. The lowest BCUT2D eigenvalue weighted by molar-refractivity contribution is -0.116. The van der Waals surface area contributed by atoms with E-state index < -0.39 is 0 Å². The summed E-state index contributed by atoms with van der Waals surface area (Å²) in [4.78, 5) is 19.3. The Bertz CT molecular complexity index is 1290. The first-order valence-electron chi connectivity index (χ1n) is 10.4. The van der Waals surface area contributed by atoms with Crippen LogP contribution in [0.1, 0.15) is 21.7 Å². The van der Waals surface area contributed by atoms with Gasteiger partial charge in [-0.3, -0.25) is 4.79 Å². The van der Waals surface area contributed by atoms with E-state index in [1.807, 2.05) is 49.9 Å². The Kier molecular flexibility index (Phi) is 5.57. The monoisotopic (exact) mass is 462 g/mol. The van der Waals surface area contributed by atoms with Gasteiger partial charge < -0.3 is 9.32 Å². The van der Waals surface area contributed by atoms with Crippen molar-refractivity contribution in [2.75, 3.05) is 17.2 Å². The van der Waals surface area contributed by atoms with Crippen molar-refractivity contribution in [3.8, 4) is 22.7 Å². The number of aryl methyl sites for hydroxylation is 3. The number of nitrogens with zero attached hydrogens (tertiary/aromatic N) is 4. The molecule has 3 heterocycles. The maximum Gasteiger partial charge on any atom is 0.277 e. The second-order valence-electron chi connectivity index (χ2n) is 7.93. The van der Waals surface area contributed by atoms with Crippen molar-refractivity contribution in [1.29, 1.82) is 0 Å². The highest BCUT2D eigenvalue weighted by Crippen LogP contribution is 2.33. The Morgan fingerprint density at radius 2 is 1.91 bits per heavy atom. The topological polar surface area (TPSA) is 72.1 Å². The van der Waals surface area contributed by atoms with Gasteiger partial charge in [0.25, 0.3) is 5.22 Å². The summed E-state index contributed by atoms with van der Waals surface area (Å²) >= 11 is 2.92. The number of aromatic nitrogens is 3. The van der Waals surface area contributed by atoms with Crippen LogP contribution in [-0.4, -0.2) is 33.4 Å². The number of thioether (sulfide) groups is 1. The van der Waals surface area contributed by atoms with Crippen LogP contribution >= 0.6 is 23.1 Å². The van der Waals surface area contributed by atoms with Crippen molar-refractivity contribution in [2.45, 2.75) is 32.4 Å². The van der Waals surface area contributed by atoms with E-state index in [0.29, 0.717) is 17.7 Å². The molecule has 4 aromatic rings. The third kappa shape index (κ3) is 4.20. The predicted molar refractivity (Wildman–Crippen MR) is 128 cm³/mol. The molecule has 1 aliphatic rings. The summed E-state index contributed by atoms with van der Waals surface area (Å²) in [5.41, 5.74) is 7.43. The van der Waals surface area contributed by atoms with Crippen LogP contribution in [0.2, 0.25) is 0 Å². The van der Waals surface area contributed by atoms with E-state index in [9.17, 15) is 4.79 Å². The van der Waals surface area contributed by atoms with Gasteiger partial charge in [0.05, 0.1) is 16.5 Å². The molecular formula is C24H22N4O2S2. The molecule has 32 heavy (non-hydrogen) atoms. The van der Waals surface area contributed by atoms with E-state index >= 15 is 0 Å². The molecule has 0 radical (unpaired) electrons. The van der Waals surface area contributed by atoms with E-state index in [4.69, 9.17) is 4.42 Å². The van der Waals surface area contributed by atoms with Gasteiger partial charge in [0.1, 0.15) is 0 Å².